The van der Waals surface area contributed by atoms with Gasteiger partial charge in [-0.1, -0.05) is 158 Å². The molecule has 0 spiro atoms. The summed E-state index contributed by atoms with van der Waals surface area (Å²) in [5, 5.41) is 2.78. The molecule has 1 atom stereocenters. The Bertz CT molecular complexity index is 1970. The molecule has 2 amide bonds. The molecule has 53 heavy (non-hydrogen) atoms. The van der Waals surface area contributed by atoms with Gasteiger partial charge in [-0.25, -0.2) is 10.3 Å². The molecule has 0 radical (unpaired) electrons. The SMILES string of the molecule is CC(C)(C)OC(=O)N[C@@H](Cc1ccc(OCc2ccccc2-c2ccccc2)cc1)C(=O)NOC(c1ccccc1)(c1ccccc1)c1ccccc1. The summed E-state index contributed by atoms with van der Waals surface area (Å²) in [7, 11) is 0. The van der Waals surface area contributed by atoms with Crippen LogP contribution in [-0.4, -0.2) is 23.6 Å². The van der Waals surface area contributed by atoms with Crippen molar-refractivity contribution in [2.45, 2.75) is 51.0 Å². The topological polar surface area (TPSA) is 85.9 Å². The Morgan fingerprint density at radius 2 is 1.09 bits per heavy atom. The van der Waals surface area contributed by atoms with Gasteiger partial charge < -0.3 is 14.8 Å². The lowest BCUT2D eigenvalue weighted by Crippen LogP contribution is -2.51. The summed E-state index contributed by atoms with van der Waals surface area (Å²) in [5.41, 5.74) is 7.34. The van der Waals surface area contributed by atoms with Gasteiger partial charge >= 0.3 is 6.09 Å². The lowest BCUT2D eigenvalue weighted by Gasteiger charge is -2.35. The number of nitrogens with one attached hydrogen (secondary N) is 2. The molecule has 0 aliphatic heterocycles. The van der Waals surface area contributed by atoms with Crippen LogP contribution in [0.25, 0.3) is 11.1 Å². The van der Waals surface area contributed by atoms with E-state index < -0.39 is 29.2 Å². The number of alkyl carbamates (subject to hydrolysis) is 1. The van der Waals surface area contributed by atoms with Gasteiger partial charge in [0.25, 0.3) is 5.91 Å². The monoisotopic (exact) mass is 704 g/mol. The van der Waals surface area contributed by atoms with E-state index in [2.05, 4.69) is 35.1 Å². The summed E-state index contributed by atoms with van der Waals surface area (Å²) in [6.07, 6.45) is -0.546. The molecule has 7 nitrogen and oxygen atoms in total. The van der Waals surface area contributed by atoms with Crippen LogP contribution >= 0.6 is 0 Å². The molecule has 2 N–H and O–H groups in total. The van der Waals surface area contributed by atoms with Crippen LogP contribution in [0.2, 0.25) is 0 Å². The molecule has 7 heteroatoms. The fourth-order valence-corrected chi connectivity index (χ4v) is 6.22. The van der Waals surface area contributed by atoms with Crippen molar-refractivity contribution in [3.8, 4) is 16.9 Å². The van der Waals surface area contributed by atoms with Crippen LogP contribution in [0.1, 0.15) is 48.6 Å². The lowest BCUT2D eigenvalue weighted by molar-refractivity contribution is -0.145. The van der Waals surface area contributed by atoms with Crippen molar-refractivity contribution in [3.05, 3.63) is 198 Å². The van der Waals surface area contributed by atoms with Crippen LogP contribution in [0.5, 0.6) is 5.75 Å². The van der Waals surface area contributed by atoms with Crippen molar-refractivity contribution >= 4 is 12.0 Å². The highest BCUT2D eigenvalue weighted by atomic mass is 16.7. The zero-order valence-electron chi connectivity index (χ0n) is 30.2. The summed E-state index contributed by atoms with van der Waals surface area (Å²) in [5.74, 6) is 0.139. The molecule has 0 saturated heterocycles. The lowest BCUT2D eigenvalue weighted by atomic mass is 9.80. The first kappa shape index (κ1) is 36.6. The van der Waals surface area contributed by atoms with Crippen molar-refractivity contribution in [2.24, 2.45) is 0 Å². The maximum atomic E-state index is 14.1. The van der Waals surface area contributed by atoms with Crippen molar-refractivity contribution < 1.29 is 23.9 Å². The summed E-state index contributed by atoms with van der Waals surface area (Å²) < 4.78 is 11.7. The maximum Gasteiger partial charge on any atom is 0.408 e. The minimum atomic E-state index is -1.20. The Balaban J connectivity index is 1.23. The summed E-state index contributed by atoms with van der Waals surface area (Å²) in [6.45, 7) is 5.71. The third-order valence-electron chi connectivity index (χ3n) is 8.71. The van der Waals surface area contributed by atoms with E-state index in [1.54, 1.807) is 20.8 Å². The second-order valence-corrected chi connectivity index (χ2v) is 13.7. The van der Waals surface area contributed by atoms with Crippen LogP contribution in [0.15, 0.2) is 170 Å². The summed E-state index contributed by atoms with van der Waals surface area (Å²) in [4.78, 5) is 33.8. The van der Waals surface area contributed by atoms with Crippen molar-refractivity contribution in [1.82, 2.24) is 10.8 Å². The molecule has 0 fully saturated rings. The minimum absolute atomic E-state index is 0.167. The van der Waals surface area contributed by atoms with E-state index in [0.29, 0.717) is 12.4 Å². The molecule has 6 rings (SSSR count). The van der Waals surface area contributed by atoms with E-state index in [9.17, 15) is 9.59 Å². The van der Waals surface area contributed by atoms with Crippen molar-refractivity contribution in [1.29, 1.82) is 0 Å². The van der Waals surface area contributed by atoms with Gasteiger partial charge in [0.15, 0.2) is 5.60 Å². The molecule has 6 aromatic carbocycles. The second-order valence-electron chi connectivity index (χ2n) is 13.7. The zero-order chi connectivity index (χ0) is 37.1. The van der Waals surface area contributed by atoms with E-state index in [-0.39, 0.29) is 6.42 Å². The molecule has 0 saturated carbocycles. The largest absolute Gasteiger partial charge is 0.489 e. The first-order chi connectivity index (χ1) is 25.7. The van der Waals surface area contributed by atoms with Gasteiger partial charge in [-0.2, -0.15) is 0 Å². The van der Waals surface area contributed by atoms with Gasteiger partial charge in [-0.3, -0.25) is 9.63 Å². The molecule has 0 bridgehead atoms. The second kappa shape index (κ2) is 16.9. The zero-order valence-corrected chi connectivity index (χ0v) is 30.2. The van der Waals surface area contributed by atoms with Gasteiger partial charge in [0.05, 0.1) is 0 Å². The third-order valence-corrected chi connectivity index (χ3v) is 8.71. The van der Waals surface area contributed by atoms with Crippen molar-refractivity contribution in [3.63, 3.8) is 0 Å². The molecule has 0 unspecified atom stereocenters. The number of benzene rings is 6. The molecule has 0 heterocycles. The maximum absolute atomic E-state index is 14.1. The Hall–Kier alpha value is -6.18. The molecule has 6 aromatic rings. The van der Waals surface area contributed by atoms with E-state index in [1.807, 2.05) is 146 Å². The molecule has 0 aliphatic carbocycles. The number of hydrogen-bond donors (Lipinski definition) is 2. The quantitative estimate of drug-likeness (QED) is 0.0925. The van der Waals surface area contributed by atoms with Gasteiger partial charge in [0.1, 0.15) is 24.0 Å². The van der Waals surface area contributed by atoms with Crippen LogP contribution in [0, 0.1) is 0 Å². The Kier molecular flexibility index (Phi) is 11.7. The Morgan fingerprint density at radius 3 is 1.62 bits per heavy atom. The van der Waals surface area contributed by atoms with E-state index in [0.717, 1.165) is 38.9 Å². The average Bonchev–Trinajstić information content (AvgIpc) is 3.18. The van der Waals surface area contributed by atoms with Gasteiger partial charge in [0.2, 0.25) is 0 Å². The smallest absolute Gasteiger partial charge is 0.408 e. The summed E-state index contributed by atoms with van der Waals surface area (Å²) in [6, 6.07) is 54.1. The van der Waals surface area contributed by atoms with Crippen LogP contribution < -0.4 is 15.5 Å². The molecular formula is C46H44N2O5. The standard InChI is InChI=1S/C46H44N2O5/c1-45(2,3)52-44(50)47-42(32-34-28-30-40(31-29-34)51-33-36-20-16-17-27-41(36)35-18-8-4-9-19-35)43(49)48-53-46(37-21-10-5-11-22-37,38-23-12-6-13-24-38)39-25-14-7-15-26-39/h4-31,42H,32-33H2,1-3H3,(H,47,50)(H,48,49)/t42-/m0/s1. The van der Waals surface area contributed by atoms with E-state index in [1.165, 1.54) is 0 Å². The highest BCUT2D eigenvalue weighted by Gasteiger charge is 2.40. The number of hydrogen-bond acceptors (Lipinski definition) is 5. The highest BCUT2D eigenvalue weighted by Crippen LogP contribution is 2.39. The predicted molar refractivity (Wildman–Crippen MR) is 208 cm³/mol. The number of carbonyl (C=O) groups is 2. The highest BCUT2D eigenvalue weighted by molar-refractivity contribution is 5.85. The molecule has 268 valence electrons. The van der Waals surface area contributed by atoms with E-state index >= 15 is 0 Å². The van der Waals surface area contributed by atoms with Gasteiger partial charge in [-0.05, 0) is 71.8 Å². The van der Waals surface area contributed by atoms with E-state index in [4.69, 9.17) is 14.3 Å². The first-order valence-corrected chi connectivity index (χ1v) is 17.7. The predicted octanol–water partition coefficient (Wildman–Crippen LogP) is 9.41. The Morgan fingerprint density at radius 1 is 0.604 bits per heavy atom. The number of carbonyl (C=O) groups excluding carboxylic acids is 2. The molecule has 0 aromatic heterocycles. The number of amides is 2. The van der Waals surface area contributed by atoms with Crippen molar-refractivity contribution in [2.75, 3.05) is 0 Å². The van der Waals surface area contributed by atoms with Crippen LogP contribution in [0.3, 0.4) is 0 Å². The third kappa shape index (κ3) is 9.39. The molecular weight excluding hydrogens is 661 g/mol. The van der Waals surface area contributed by atoms with Crippen LogP contribution in [0.4, 0.5) is 4.79 Å². The fourth-order valence-electron chi connectivity index (χ4n) is 6.22. The Labute approximate surface area is 311 Å². The number of ether oxygens (including phenoxy) is 2. The van der Waals surface area contributed by atoms with Gasteiger partial charge in [0, 0.05) is 6.42 Å². The number of hydroxylamine groups is 1. The minimum Gasteiger partial charge on any atom is -0.489 e. The first-order valence-electron chi connectivity index (χ1n) is 17.7. The van der Waals surface area contributed by atoms with Crippen LogP contribution in [-0.2, 0) is 33.0 Å². The fraction of sp³-hybridized carbons (Fsp3) is 0.174. The number of rotatable bonds is 13. The normalized spacial score (nSPS) is 12.0. The molecule has 0 aliphatic rings. The average molecular weight is 705 g/mol. The van der Waals surface area contributed by atoms with Gasteiger partial charge in [-0.15, -0.1) is 0 Å². The summed E-state index contributed by atoms with van der Waals surface area (Å²) >= 11 is 0.